The fourth-order valence-electron chi connectivity index (χ4n) is 2.37. The largest absolute Gasteiger partial charge is 0.493 e. The predicted octanol–water partition coefficient (Wildman–Crippen LogP) is 2.62. The van der Waals surface area contributed by atoms with E-state index in [0.717, 1.165) is 6.42 Å². The third kappa shape index (κ3) is 5.74. The first-order valence-corrected chi connectivity index (χ1v) is 8.96. The van der Waals surface area contributed by atoms with Crippen LogP contribution in [-0.4, -0.2) is 44.7 Å². The van der Waals surface area contributed by atoms with Crippen LogP contribution in [0.3, 0.4) is 0 Å². The Morgan fingerprint density at radius 2 is 1.83 bits per heavy atom. The van der Waals surface area contributed by atoms with Gasteiger partial charge in [-0.05, 0) is 25.5 Å². The van der Waals surface area contributed by atoms with Crippen LogP contribution in [0.25, 0.3) is 0 Å². The highest BCUT2D eigenvalue weighted by molar-refractivity contribution is 6.07. The van der Waals surface area contributed by atoms with Crippen LogP contribution in [0.5, 0.6) is 11.5 Å². The van der Waals surface area contributed by atoms with E-state index < -0.39 is 24.4 Å². The Morgan fingerprint density at radius 3 is 2.41 bits per heavy atom. The van der Waals surface area contributed by atoms with Gasteiger partial charge >= 0.3 is 5.97 Å². The summed E-state index contributed by atoms with van der Waals surface area (Å²) in [7, 11) is 2.83. The minimum Gasteiger partial charge on any atom is -0.493 e. The second kappa shape index (κ2) is 10.2. The number of esters is 1. The Bertz CT molecular complexity index is 862. The van der Waals surface area contributed by atoms with E-state index in [9.17, 15) is 14.4 Å². The summed E-state index contributed by atoms with van der Waals surface area (Å²) < 4.78 is 20.6. The van der Waals surface area contributed by atoms with Crippen molar-refractivity contribution in [2.75, 3.05) is 26.1 Å². The van der Waals surface area contributed by atoms with Crippen LogP contribution in [-0.2, 0) is 9.53 Å². The molecule has 1 atom stereocenters. The molecule has 2 rings (SSSR count). The number of anilines is 1. The van der Waals surface area contributed by atoms with Gasteiger partial charge in [-0.25, -0.2) is 4.79 Å². The van der Waals surface area contributed by atoms with Crippen LogP contribution in [0, 0.1) is 0 Å². The monoisotopic (exact) mass is 404 g/mol. The third-order valence-corrected chi connectivity index (χ3v) is 4.09. The van der Waals surface area contributed by atoms with Gasteiger partial charge in [-0.1, -0.05) is 6.92 Å². The standard InChI is InChI=1S/C20H24N2O7/c1-5-12(2)21-18(23)11-29-20(25)13-9-16(26-3)17(27-4)10-14(13)22-19(24)15-7-6-8-28-15/h6-10,12H,5,11H2,1-4H3,(H,21,23)(H,22,24)/t12-/m1/s1. The van der Waals surface area contributed by atoms with Crippen molar-refractivity contribution < 1.29 is 33.0 Å². The van der Waals surface area contributed by atoms with Crippen LogP contribution in [0.15, 0.2) is 34.9 Å². The lowest BCUT2D eigenvalue weighted by molar-refractivity contribution is -0.124. The molecule has 0 aliphatic heterocycles. The quantitative estimate of drug-likeness (QED) is 0.617. The average Bonchev–Trinajstić information content (AvgIpc) is 3.26. The maximum Gasteiger partial charge on any atom is 0.340 e. The summed E-state index contributed by atoms with van der Waals surface area (Å²) in [6.07, 6.45) is 2.10. The van der Waals surface area contributed by atoms with Gasteiger partial charge in [0.25, 0.3) is 11.8 Å². The van der Waals surface area contributed by atoms with Crippen molar-refractivity contribution in [3.8, 4) is 11.5 Å². The van der Waals surface area contributed by atoms with E-state index in [1.54, 1.807) is 6.07 Å². The second-order valence-electron chi connectivity index (χ2n) is 6.14. The first kappa shape index (κ1) is 21.8. The number of nitrogens with one attached hydrogen (secondary N) is 2. The molecular weight excluding hydrogens is 380 g/mol. The maximum absolute atomic E-state index is 12.6. The molecular formula is C20H24N2O7. The second-order valence-corrected chi connectivity index (χ2v) is 6.14. The number of hydrogen-bond acceptors (Lipinski definition) is 7. The molecule has 0 fully saturated rings. The fourth-order valence-corrected chi connectivity index (χ4v) is 2.37. The van der Waals surface area contributed by atoms with Gasteiger partial charge in [-0.3, -0.25) is 9.59 Å². The summed E-state index contributed by atoms with van der Waals surface area (Å²) >= 11 is 0. The number of benzene rings is 1. The van der Waals surface area contributed by atoms with Crippen molar-refractivity contribution >= 4 is 23.5 Å². The van der Waals surface area contributed by atoms with Gasteiger partial charge in [0.05, 0.1) is 31.7 Å². The Balaban J connectivity index is 2.24. The van der Waals surface area contributed by atoms with Crippen LogP contribution in [0.1, 0.15) is 41.2 Å². The molecule has 9 nitrogen and oxygen atoms in total. The SMILES string of the molecule is CC[C@@H](C)NC(=O)COC(=O)c1cc(OC)c(OC)cc1NC(=O)c1ccco1. The van der Waals surface area contributed by atoms with Gasteiger partial charge in [0.15, 0.2) is 23.9 Å². The number of carbonyl (C=O) groups excluding carboxylic acids is 3. The van der Waals surface area contributed by atoms with Gasteiger partial charge in [-0.15, -0.1) is 0 Å². The molecule has 0 spiro atoms. The molecule has 2 amide bonds. The number of ether oxygens (including phenoxy) is 3. The molecule has 2 aromatic rings. The van der Waals surface area contributed by atoms with Gasteiger partial charge in [-0.2, -0.15) is 0 Å². The third-order valence-electron chi connectivity index (χ3n) is 4.09. The van der Waals surface area contributed by atoms with Crippen molar-refractivity contribution in [1.29, 1.82) is 0 Å². The summed E-state index contributed by atoms with van der Waals surface area (Å²) in [5, 5.41) is 5.28. The lowest BCUT2D eigenvalue weighted by Crippen LogP contribution is -2.35. The molecule has 0 radical (unpaired) electrons. The van der Waals surface area contributed by atoms with Crippen molar-refractivity contribution in [2.45, 2.75) is 26.3 Å². The van der Waals surface area contributed by atoms with Gasteiger partial charge in [0.1, 0.15) is 0 Å². The lowest BCUT2D eigenvalue weighted by atomic mass is 10.1. The van der Waals surface area contributed by atoms with E-state index in [1.807, 2.05) is 13.8 Å². The minimum absolute atomic E-state index is 0.00102. The van der Waals surface area contributed by atoms with E-state index in [0.29, 0.717) is 5.75 Å². The van der Waals surface area contributed by atoms with Crippen LogP contribution in [0.2, 0.25) is 0 Å². The maximum atomic E-state index is 12.6. The molecule has 0 aliphatic rings. The Labute approximate surface area is 168 Å². The van der Waals surface area contributed by atoms with Crippen molar-refractivity contribution in [3.63, 3.8) is 0 Å². The highest BCUT2D eigenvalue weighted by atomic mass is 16.5. The topological polar surface area (TPSA) is 116 Å². The molecule has 0 saturated heterocycles. The van der Waals surface area contributed by atoms with E-state index in [-0.39, 0.29) is 28.8 Å². The summed E-state index contributed by atoms with van der Waals surface area (Å²) in [4.78, 5) is 36.8. The molecule has 2 N–H and O–H groups in total. The predicted molar refractivity (Wildman–Crippen MR) is 104 cm³/mol. The molecule has 1 heterocycles. The van der Waals surface area contributed by atoms with Gasteiger partial charge < -0.3 is 29.3 Å². The smallest absolute Gasteiger partial charge is 0.340 e. The molecule has 0 bridgehead atoms. The lowest BCUT2D eigenvalue weighted by Gasteiger charge is -2.15. The van der Waals surface area contributed by atoms with E-state index in [4.69, 9.17) is 18.6 Å². The number of carbonyl (C=O) groups is 3. The zero-order valence-electron chi connectivity index (χ0n) is 16.7. The fraction of sp³-hybridized carbons (Fsp3) is 0.350. The minimum atomic E-state index is -0.806. The van der Waals surface area contributed by atoms with Crippen molar-refractivity contribution in [3.05, 3.63) is 41.9 Å². The summed E-state index contributed by atoms with van der Waals surface area (Å²) in [6, 6.07) is 5.80. The molecule has 29 heavy (non-hydrogen) atoms. The number of methoxy groups -OCH3 is 2. The Kier molecular flexibility index (Phi) is 7.64. The van der Waals surface area contributed by atoms with Crippen molar-refractivity contribution in [1.82, 2.24) is 5.32 Å². The molecule has 0 unspecified atom stereocenters. The molecule has 1 aromatic heterocycles. The summed E-state index contributed by atoms with van der Waals surface area (Å²) in [6.45, 7) is 3.31. The molecule has 0 aliphatic carbocycles. The normalized spacial score (nSPS) is 11.3. The van der Waals surface area contributed by atoms with Crippen molar-refractivity contribution in [2.24, 2.45) is 0 Å². The summed E-state index contributed by atoms with van der Waals surface area (Å²) in [5.74, 6) is -1.17. The van der Waals surface area contributed by atoms with Crippen LogP contribution < -0.4 is 20.1 Å². The Morgan fingerprint density at radius 1 is 1.14 bits per heavy atom. The highest BCUT2D eigenvalue weighted by Gasteiger charge is 2.22. The van der Waals surface area contributed by atoms with E-state index in [2.05, 4.69) is 10.6 Å². The number of rotatable bonds is 9. The summed E-state index contributed by atoms with van der Waals surface area (Å²) in [5.41, 5.74) is 0.121. The zero-order chi connectivity index (χ0) is 21.4. The zero-order valence-corrected chi connectivity index (χ0v) is 16.7. The van der Waals surface area contributed by atoms with E-state index >= 15 is 0 Å². The van der Waals surface area contributed by atoms with E-state index in [1.165, 1.54) is 38.7 Å². The number of hydrogen-bond donors (Lipinski definition) is 2. The Hall–Kier alpha value is -3.49. The number of furan rings is 1. The van der Waals surface area contributed by atoms with Gasteiger partial charge in [0, 0.05) is 18.2 Å². The van der Waals surface area contributed by atoms with Crippen LogP contribution in [0.4, 0.5) is 5.69 Å². The average molecular weight is 404 g/mol. The molecule has 1 aromatic carbocycles. The highest BCUT2D eigenvalue weighted by Crippen LogP contribution is 2.34. The molecule has 0 saturated carbocycles. The van der Waals surface area contributed by atoms with Crippen LogP contribution >= 0.6 is 0 Å². The first-order valence-electron chi connectivity index (χ1n) is 8.96. The molecule has 9 heteroatoms. The van der Waals surface area contributed by atoms with Gasteiger partial charge in [0.2, 0.25) is 0 Å². The molecule has 156 valence electrons. The number of amides is 2. The first-order chi connectivity index (χ1) is 13.9.